The molecule has 0 aliphatic carbocycles. The fourth-order valence-electron chi connectivity index (χ4n) is 4.42. The number of pyridine rings is 1. The molecule has 1 aromatic heterocycles. The first-order valence-corrected chi connectivity index (χ1v) is 11.6. The van der Waals surface area contributed by atoms with Crippen LogP contribution in [-0.4, -0.2) is 16.1 Å². The third kappa shape index (κ3) is 6.16. The van der Waals surface area contributed by atoms with Crippen LogP contribution in [0.5, 0.6) is 0 Å². The zero-order valence-electron chi connectivity index (χ0n) is 19.1. The summed E-state index contributed by atoms with van der Waals surface area (Å²) in [7, 11) is 0. The van der Waals surface area contributed by atoms with Crippen molar-refractivity contribution in [2.75, 3.05) is 0 Å². The number of hydrogen-bond donors (Lipinski definition) is 1. The van der Waals surface area contributed by atoms with Crippen LogP contribution >= 0.6 is 0 Å². The molecule has 2 atom stereocenters. The maximum absolute atomic E-state index is 11.5. The van der Waals surface area contributed by atoms with Gasteiger partial charge in [0.05, 0.1) is 0 Å². The van der Waals surface area contributed by atoms with E-state index in [4.69, 9.17) is 0 Å². The smallest absolute Gasteiger partial charge is 0.355 e. The van der Waals surface area contributed by atoms with E-state index in [1.165, 1.54) is 23.7 Å². The van der Waals surface area contributed by atoms with Crippen molar-refractivity contribution in [1.29, 1.82) is 0 Å². The van der Waals surface area contributed by atoms with Gasteiger partial charge in [0.1, 0.15) is 0 Å². The monoisotopic (exact) mass is 427 g/mol. The molecule has 1 N–H and O–H groups in total. The largest absolute Gasteiger partial charge is 0.476 e. The number of carboxylic acid groups (broad SMARTS) is 1. The number of aromatic carboxylic acids is 1. The maximum Gasteiger partial charge on any atom is 0.355 e. The molecule has 166 valence electrons. The van der Waals surface area contributed by atoms with Crippen molar-refractivity contribution in [3.8, 4) is 11.1 Å². The molecule has 0 fully saturated rings. The Morgan fingerprint density at radius 1 is 0.906 bits per heavy atom. The number of aromatic nitrogens is 1. The minimum atomic E-state index is -0.999. The lowest BCUT2D eigenvalue weighted by molar-refractivity contribution is 0.0691. The van der Waals surface area contributed by atoms with Crippen LogP contribution in [0.1, 0.15) is 79.4 Å². The lowest BCUT2D eigenvalue weighted by Gasteiger charge is -2.21. The third-order valence-corrected chi connectivity index (χ3v) is 6.25. The molecule has 0 saturated carbocycles. The van der Waals surface area contributed by atoms with E-state index in [0.717, 1.165) is 31.2 Å². The Labute approximate surface area is 191 Å². The van der Waals surface area contributed by atoms with Crippen molar-refractivity contribution in [2.45, 2.75) is 57.8 Å². The second-order valence-electron chi connectivity index (χ2n) is 8.26. The Kier molecular flexibility index (Phi) is 8.79. The molecule has 0 amide bonds. The molecule has 1 heterocycles. The van der Waals surface area contributed by atoms with Crippen molar-refractivity contribution < 1.29 is 9.90 Å². The Morgan fingerprint density at radius 3 is 2.25 bits per heavy atom. The van der Waals surface area contributed by atoms with E-state index in [0.29, 0.717) is 17.4 Å². The van der Waals surface area contributed by atoms with Crippen LogP contribution in [0.4, 0.5) is 0 Å². The van der Waals surface area contributed by atoms with E-state index < -0.39 is 5.97 Å². The average molecular weight is 428 g/mol. The molecular weight excluding hydrogens is 394 g/mol. The highest BCUT2D eigenvalue weighted by Crippen LogP contribution is 2.34. The second-order valence-corrected chi connectivity index (χ2v) is 8.26. The van der Waals surface area contributed by atoms with Crippen LogP contribution in [0, 0.1) is 0 Å². The molecule has 0 aliphatic rings. The van der Waals surface area contributed by atoms with E-state index in [1.807, 2.05) is 18.2 Å². The fourth-order valence-corrected chi connectivity index (χ4v) is 4.42. The van der Waals surface area contributed by atoms with Gasteiger partial charge in [-0.15, -0.1) is 0 Å². The van der Waals surface area contributed by atoms with Crippen LogP contribution < -0.4 is 0 Å². The van der Waals surface area contributed by atoms with Crippen molar-refractivity contribution >= 4 is 5.97 Å². The van der Waals surface area contributed by atoms with Crippen LogP contribution in [0.15, 0.2) is 85.1 Å². The summed E-state index contributed by atoms with van der Waals surface area (Å²) in [5.74, 6) is 0.0556. The SMILES string of the molecule is C/C=C/CCC(CCC(CC)c1ccc(-c2cccnc2C(=O)O)cc1)c1ccccc1. The average Bonchev–Trinajstić information content (AvgIpc) is 2.84. The van der Waals surface area contributed by atoms with Gasteiger partial charge in [-0.1, -0.05) is 79.7 Å². The van der Waals surface area contributed by atoms with Crippen LogP contribution in [0.3, 0.4) is 0 Å². The molecule has 0 saturated heterocycles. The quantitative estimate of drug-likeness (QED) is 0.317. The predicted molar refractivity (Wildman–Crippen MR) is 132 cm³/mol. The summed E-state index contributed by atoms with van der Waals surface area (Å²) in [5, 5.41) is 9.43. The Balaban J connectivity index is 1.73. The van der Waals surface area contributed by atoms with Crippen molar-refractivity contribution in [3.05, 3.63) is 102 Å². The normalized spacial score (nSPS) is 13.2. The van der Waals surface area contributed by atoms with Gasteiger partial charge in [0.25, 0.3) is 0 Å². The van der Waals surface area contributed by atoms with Gasteiger partial charge in [-0.05, 0) is 73.6 Å². The van der Waals surface area contributed by atoms with Crippen LogP contribution in [-0.2, 0) is 0 Å². The number of nitrogens with zero attached hydrogens (tertiary/aromatic N) is 1. The van der Waals surface area contributed by atoms with Gasteiger partial charge in [-0.3, -0.25) is 0 Å². The van der Waals surface area contributed by atoms with Gasteiger partial charge in [0.15, 0.2) is 5.69 Å². The molecule has 0 spiro atoms. The van der Waals surface area contributed by atoms with Gasteiger partial charge in [-0.25, -0.2) is 9.78 Å². The number of carbonyl (C=O) groups is 1. The van der Waals surface area contributed by atoms with Crippen molar-refractivity contribution in [3.63, 3.8) is 0 Å². The summed E-state index contributed by atoms with van der Waals surface area (Å²) in [4.78, 5) is 15.5. The number of hydrogen-bond acceptors (Lipinski definition) is 2. The van der Waals surface area contributed by atoms with Crippen LogP contribution in [0.2, 0.25) is 0 Å². The summed E-state index contributed by atoms with van der Waals surface area (Å²) < 4.78 is 0. The maximum atomic E-state index is 11.5. The highest BCUT2D eigenvalue weighted by molar-refractivity contribution is 5.93. The topological polar surface area (TPSA) is 50.2 Å². The number of benzene rings is 2. The van der Waals surface area contributed by atoms with Crippen molar-refractivity contribution in [2.24, 2.45) is 0 Å². The summed E-state index contributed by atoms with van der Waals surface area (Å²) in [6.45, 7) is 4.33. The van der Waals surface area contributed by atoms with Gasteiger partial charge >= 0.3 is 5.97 Å². The molecule has 0 bridgehead atoms. The standard InChI is InChI=1S/C29H33NO2/c1-3-5-7-11-24(23-12-8-6-9-13-23)16-15-22(4-2)25-17-19-26(20-18-25)27-14-10-21-30-28(27)29(31)32/h3,5-6,8-10,12-14,17-22,24H,4,7,11,15-16H2,1-2H3,(H,31,32)/b5-3+. The first-order chi connectivity index (χ1) is 15.6. The highest BCUT2D eigenvalue weighted by atomic mass is 16.4. The van der Waals surface area contributed by atoms with E-state index in [9.17, 15) is 9.90 Å². The molecule has 3 aromatic rings. The molecule has 2 unspecified atom stereocenters. The minimum Gasteiger partial charge on any atom is -0.476 e. The lowest BCUT2D eigenvalue weighted by Crippen LogP contribution is -2.05. The summed E-state index contributed by atoms with van der Waals surface area (Å²) in [5.41, 5.74) is 4.40. The zero-order valence-corrected chi connectivity index (χ0v) is 19.1. The molecule has 0 aliphatic heterocycles. The minimum absolute atomic E-state index is 0.0964. The van der Waals surface area contributed by atoms with Gasteiger partial charge < -0.3 is 5.11 Å². The second kappa shape index (κ2) is 12.0. The summed E-state index contributed by atoms with van der Waals surface area (Å²) in [6, 6.07) is 22.8. The third-order valence-electron chi connectivity index (χ3n) is 6.25. The van der Waals surface area contributed by atoms with E-state index in [2.05, 4.69) is 73.4 Å². The Morgan fingerprint density at radius 2 is 1.59 bits per heavy atom. The molecule has 0 radical (unpaired) electrons. The number of carboxylic acids is 1. The first-order valence-electron chi connectivity index (χ1n) is 11.6. The van der Waals surface area contributed by atoms with Gasteiger partial charge in [-0.2, -0.15) is 0 Å². The predicted octanol–water partition coefficient (Wildman–Crippen LogP) is 7.86. The van der Waals surface area contributed by atoms with E-state index in [1.54, 1.807) is 6.07 Å². The lowest BCUT2D eigenvalue weighted by atomic mass is 9.83. The molecular formula is C29H33NO2. The molecule has 3 nitrogen and oxygen atoms in total. The Hall–Kier alpha value is -3.20. The first kappa shape index (κ1) is 23.5. The van der Waals surface area contributed by atoms with E-state index in [-0.39, 0.29) is 5.69 Å². The molecule has 3 rings (SSSR count). The molecule has 3 heteroatoms. The molecule has 2 aromatic carbocycles. The number of rotatable bonds is 11. The van der Waals surface area contributed by atoms with E-state index >= 15 is 0 Å². The highest BCUT2D eigenvalue weighted by Gasteiger charge is 2.17. The Bertz CT molecular complexity index is 1010. The molecule has 32 heavy (non-hydrogen) atoms. The summed E-state index contributed by atoms with van der Waals surface area (Å²) >= 11 is 0. The van der Waals surface area contributed by atoms with Gasteiger partial charge in [0, 0.05) is 11.8 Å². The van der Waals surface area contributed by atoms with Gasteiger partial charge in [0.2, 0.25) is 0 Å². The number of allylic oxidation sites excluding steroid dienone is 2. The fraction of sp³-hybridized carbons (Fsp3) is 0.310. The summed E-state index contributed by atoms with van der Waals surface area (Å²) in [6.07, 6.45) is 11.6. The van der Waals surface area contributed by atoms with Crippen molar-refractivity contribution in [1.82, 2.24) is 4.98 Å². The van der Waals surface area contributed by atoms with Crippen LogP contribution in [0.25, 0.3) is 11.1 Å². The zero-order chi connectivity index (χ0) is 22.8.